The van der Waals surface area contributed by atoms with E-state index in [9.17, 15) is 0 Å². The topological polar surface area (TPSA) is 52.0 Å². The van der Waals surface area contributed by atoms with Crippen molar-refractivity contribution < 1.29 is 4.74 Å². The van der Waals surface area contributed by atoms with Crippen molar-refractivity contribution in [2.45, 2.75) is 19.1 Å². The quantitative estimate of drug-likeness (QED) is 0.904. The third-order valence-electron chi connectivity index (χ3n) is 3.02. The van der Waals surface area contributed by atoms with Crippen LogP contribution in [0.25, 0.3) is 0 Å². The Morgan fingerprint density at radius 2 is 2.56 bits per heavy atom. The predicted octanol–water partition coefficient (Wildman–Crippen LogP) is 1.28. The minimum Gasteiger partial charge on any atom is -0.370 e. The van der Waals surface area contributed by atoms with Crippen LogP contribution in [0.1, 0.15) is 22.4 Å². The number of rotatable bonds is 4. The second-order valence-corrected chi connectivity index (χ2v) is 5.36. The Labute approximate surface area is 110 Å². The maximum Gasteiger partial charge on any atom is 0.114 e. The Balaban J connectivity index is 1.60. The van der Waals surface area contributed by atoms with Gasteiger partial charge >= 0.3 is 0 Å². The zero-order valence-corrected chi connectivity index (χ0v) is 11.1. The lowest BCUT2D eigenvalue weighted by molar-refractivity contribution is 0.0393. The van der Waals surface area contributed by atoms with Gasteiger partial charge in [-0.05, 0) is 12.0 Å². The molecule has 3 heterocycles. The lowest BCUT2D eigenvalue weighted by Crippen LogP contribution is -2.27. The summed E-state index contributed by atoms with van der Waals surface area (Å²) in [6.45, 7) is 2.35. The van der Waals surface area contributed by atoms with Gasteiger partial charge in [-0.15, -0.1) is 11.3 Å². The molecule has 1 aliphatic rings. The van der Waals surface area contributed by atoms with Gasteiger partial charge in [-0.25, -0.2) is 4.98 Å². The Hall–Kier alpha value is -1.24. The van der Waals surface area contributed by atoms with Gasteiger partial charge in [0, 0.05) is 37.9 Å². The first-order chi connectivity index (χ1) is 8.83. The van der Waals surface area contributed by atoms with Crippen LogP contribution in [-0.4, -0.2) is 27.9 Å². The van der Waals surface area contributed by atoms with Crippen LogP contribution in [0.5, 0.6) is 0 Å². The van der Waals surface area contributed by atoms with Crippen molar-refractivity contribution in [1.82, 2.24) is 20.1 Å². The number of ether oxygens (including phenoxy) is 1. The number of aromatic nitrogens is 3. The van der Waals surface area contributed by atoms with Crippen LogP contribution in [0.3, 0.4) is 0 Å². The van der Waals surface area contributed by atoms with Gasteiger partial charge in [0.05, 0.1) is 12.3 Å². The average Bonchev–Trinajstić information content (AvgIpc) is 2.97. The maximum atomic E-state index is 5.78. The Kier molecular flexibility index (Phi) is 3.40. The standard InChI is InChI=1S/C12H16N4OS/c1-16-8-9-2-4-17-10(12(9)15-16)6-13-7-11-14-3-5-18-11/h3,5,8,10,13H,2,4,6-7H2,1H3. The number of hydrogen-bond donors (Lipinski definition) is 1. The number of aryl methyl sites for hydroxylation is 1. The zero-order chi connectivity index (χ0) is 12.4. The largest absolute Gasteiger partial charge is 0.370 e. The lowest BCUT2D eigenvalue weighted by atomic mass is 10.1. The van der Waals surface area contributed by atoms with Crippen molar-refractivity contribution in [3.8, 4) is 0 Å². The van der Waals surface area contributed by atoms with Crippen molar-refractivity contribution >= 4 is 11.3 Å². The summed E-state index contributed by atoms with van der Waals surface area (Å²) in [6, 6.07) is 0. The molecule has 96 valence electrons. The highest BCUT2D eigenvalue weighted by molar-refractivity contribution is 7.09. The first-order valence-corrected chi connectivity index (χ1v) is 6.94. The van der Waals surface area contributed by atoms with Gasteiger partial charge in [-0.2, -0.15) is 5.10 Å². The number of fused-ring (bicyclic) bond motifs is 1. The Morgan fingerprint density at radius 1 is 1.61 bits per heavy atom. The maximum absolute atomic E-state index is 5.78. The fraction of sp³-hybridized carbons (Fsp3) is 0.500. The van der Waals surface area contributed by atoms with E-state index in [2.05, 4.69) is 21.6 Å². The molecule has 2 aromatic rings. The van der Waals surface area contributed by atoms with Gasteiger partial charge in [0.2, 0.25) is 0 Å². The summed E-state index contributed by atoms with van der Waals surface area (Å²) in [5.41, 5.74) is 2.39. The number of nitrogens with one attached hydrogen (secondary N) is 1. The van der Waals surface area contributed by atoms with E-state index in [1.165, 1.54) is 5.56 Å². The minimum absolute atomic E-state index is 0.0647. The summed E-state index contributed by atoms with van der Waals surface area (Å²) in [7, 11) is 1.96. The van der Waals surface area contributed by atoms with Crippen LogP contribution < -0.4 is 5.32 Å². The molecule has 0 spiro atoms. The summed E-state index contributed by atoms with van der Waals surface area (Å²) < 4.78 is 7.65. The predicted molar refractivity (Wildman–Crippen MR) is 69.4 cm³/mol. The molecule has 1 aliphatic heterocycles. The molecule has 2 aromatic heterocycles. The van der Waals surface area contributed by atoms with Crippen LogP contribution in [-0.2, 0) is 24.8 Å². The first kappa shape index (κ1) is 11.8. The molecule has 1 N–H and O–H groups in total. The highest BCUT2D eigenvalue weighted by Crippen LogP contribution is 2.24. The fourth-order valence-corrected chi connectivity index (χ4v) is 2.80. The monoisotopic (exact) mass is 264 g/mol. The summed E-state index contributed by atoms with van der Waals surface area (Å²) in [4.78, 5) is 4.24. The smallest absolute Gasteiger partial charge is 0.114 e. The second kappa shape index (κ2) is 5.17. The third kappa shape index (κ3) is 2.45. The van der Waals surface area contributed by atoms with Crippen LogP contribution in [0.15, 0.2) is 17.8 Å². The second-order valence-electron chi connectivity index (χ2n) is 4.38. The fourth-order valence-electron chi connectivity index (χ4n) is 2.21. The van der Waals surface area contributed by atoms with Crippen molar-refractivity contribution in [2.75, 3.05) is 13.2 Å². The average molecular weight is 264 g/mol. The normalized spacial score (nSPS) is 18.8. The van der Waals surface area contributed by atoms with Gasteiger partial charge < -0.3 is 10.1 Å². The molecule has 0 amide bonds. The molecular weight excluding hydrogens is 248 g/mol. The van der Waals surface area contributed by atoms with Gasteiger partial charge in [-0.1, -0.05) is 0 Å². The van der Waals surface area contributed by atoms with E-state index < -0.39 is 0 Å². The molecule has 0 aliphatic carbocycles. The van der Waals surface area contributed by atoms with E-state index in [-0.39, 0.29) is 6.10 Å². The summed E-state index contributed by atoms with van der Waals surface area (Å²) >= 11 is 1.67. The highest BCUT2D eigenvalue weighted by Gasteiger charge is 2.23. The molecule has 3 rings (SSSR count). The highest BCUT2D eigenvalue weighted by atomic mass is 32.1. The molecule has 0 saturated carbocycles. The van der Waals surface area contributed by atoms with Crippen LogP contribution in [0, 0.1) is 0 Å². The zero-order valence-electron chi connectivity index (χ0n) is 10.3. The van der Waals surface area contributed by atoms with Gasteiger partial charge in [0.25, 0.3) is 0 Å². The van der Waals surface area contributed by atoms with E-state index in [0.29, 0.717) is 0 Å². The first-order valence-electron chi connectivity index (χ1n) is 6.06. The molecule has 18 heavy (non-hydrogen) atoms. The third-order valence-corrected chi connectivity index (χ3v) is 3.80. The molecule has 1 unspecified atom stereocenters. The molecule has 0 bridgehead atoms. The Bertz CT molecular complexity index is 508. The minimum atomic E-state index is 0.0647. The molecule has 1 atom stereocenters. The molecule has 0 aromatic carbocycles. The number of thiazole rings is 1. The van der Waals surface area contributed by atoms with Crippen molar-refractivity contribution in [3.63, 3.8) is 0 Å². The molecule has 0 fully saturated rings. The van der Waals surface area contributed by atoms with E-state index in [4.69, 9.17) is 4.74 Å². The lowest BCUT2D eigenvalue weighted by Gasteiger charge is -2.22. The van der Waals surface area contributed by atoms with Crippen LogP contribution in [0.4, 0.5) is 0 Å². The van der Waals surface area contributed by atoms with Gasteiger partial charge in [-0.3, -0.25) is 4.68 Å². The van der Waals surface area contributed by atoms with Gasteiger partial charge in [0.1, 0.15) is 11.1 Å². The number of nitrogens with zero attached hydrogens (tertiary/aromatic N) is 3. The molecule has 0 saturated heterocycles. The SMILES string of the molecule is Cn1cc2c(n1)C(CNCc1nccs1)OCC2. The van der Waals surface area contributed by atoms with Crippen molar-refractivity contribution in [2.24, 2.45) is 7.05 Å². The molecule has 0 radical (unpaired) electrons. The molecule has 5 nitrogen and oxygen atoms in total. The number of hydrogen-bond acceptors (Lipinski definition) is 5. The van der Waals surface area contributed by atoms with Crippen molar-refractivity contribution in [3.05, 3.63) is 34.0 Å². The Morgan fingerprint density at radius 3 is 3.39 bits per heavy atom. The van der Waals surface area contributed by atoms with Crippen LogP contribution >= 0.6 is 11.3 Å². The molecule has 6 heteroatoms. The van der Waals surface area contributed by atoms with Crippen molar-refractivity contribution in [1.29, 1.82) is 0 Å². The summed E-state index contributed by atoms with van der Waals surface area (Å²) in [6.07, 6.45) is 4.95. The van der Waals surface area contributed by atoms with E-state index in [0.717, 1.165) is 36.8 Å². The van der Waals surface area contributed by atoms with E-state index in [1.807, 2.05) is 23.3 Å². The summed E-state index contributed by atoms with van der Waals surface area (Å²) in [5, 5.41) is 11.0. The molecular formula is C12H16N4OS. The van der Waals surface area contributed by atoms with E-state index in [1.54, 1.807) is 11.3 Å². The summed E-state index contributed by atoms with van der Waals surface area (Å²) in [5.74, 6) is 0. The van der Waals surface area contributed by atoms with Crippen LogP contribution in [0.2, 0.25) is 0 Å². The van der Waals surface area contributed by atoms with Gasteiger partial charge in [0.15, 0.2) is 0 Å². The van der Waals surface area contributed by atoms with E-state index >= 15 is 0 Å².